The number of carboxylic acids is 1. The average molecular weight is 218 g/mol. The molecule has 0 aliphatic carbocycles. The molecule has 0 aliphatic rings. The number of hydrogen-bond acceptors (Lipinski definition) is 4. The van der Waals surface area contributed by atoms with Crippen LogP contribution in [0.15, 0.2) is 34.9 Å². The highest BCUT2D eigenvalue weighted by Gasteiger charge is 2.09. The van der Waals surface area contributed by atoms with Gasteiger partial charge in [-0.15, -0.1) is 0 Å². The molecule has 2 aromatic rings. The lowest BCUT2D eigenvalue weighted by Crippen LogP contribution is -1.98. The van der Waals surface area contributed by atoms with Gasteiger partial charge in [-0.3, -0.25) is 4.79 Å². The minimum absolute atomic E-state index is 0.00770. The average Bonchev–Trinajstić information content (AvgIpc) is 2.76. The van der Waals surface area contributed by atoms with Crippen LogP contribution in [0.3, 0.4) is 0 Å². The van der Waals surface area contributed by atoms with E-state index in [-0.39, 0.29) is 12.8 Å². The molecule has 5 nitrogen and oxygen atoms in total. The molecule has 0 atom stereocenters. The number of hydrogen-bond donors (Lipinski definition) is 1. The number of rotatable bonds is 4. The Morgan fingerprint density at radius 1 is 1.31 bits per heavy atom. The Bertz CT molecular complexity index is 479. The van der Waals surface area contributed by atoms with Crippen LogP contribution in [0.2, 0.25) is 0 Å². The van der Waals surface area contributed by atoms with Gasteiger partial charge in [-0.2, -0.15) is 4.98 Å². The summed E-state index contributed by atoms with van der Waals surface area (Å²) in [5.74, 6) is -0.0340. The van der Waals surface area contributed by atoms with Gasteiger partial charge in [-0.1, -0.05) is 23.4 Å². The second-order valence-corrected chi connectivity index (χ2v) is 3.28. The van der Waals surface area contributed by atoms with Gasteiger partial charge in [-0.05, 0) is 12.1 Å². The molecule has 0 spiro atoms. The van der Waals surface area contributed by atoms with Crippen molar-refractivity contribution in [2.45, 2.75) is 12.8 Å². The summed E-state index contributed by atoms with van der Waals surface area (Å²) < 4.78 is 5.03. The van der Waals surface area contributed by atoms with Crippen molar-refractivity contribution in [1.29, 1.82) is 0 Å². The first kappa shape index (κ1) is 10.4. The minimum Gasteiger partial charge on any atom is -0.481 e. The highest BCUT2D eigenvalue weighted by atomic mass is 16.5. The predicted octanol–water partition coefficient (Wildman–Crippen LogP) is 1.75. The molecule has 16 heavy (non-hydrogen) atoms. The van der Waals surface area contributed by atoms with E-state index in [9.17, 15) is 4.79 Å². The zero-order valence-corrected chi connectivity index (χ0v) is 8.46. The van der Waals surface area contributed by atoms with Crippen molar-refractivity contribution in [2.75, 3.05) is 0 Å². The zero-order chi connectivity index (χ0) is 11.4. The maximum Gasteiger partial charge on any atom is 0.303 e. The third kappa shape index (κ3) is 2.44. The number of carboxylic acid groups (broad SMARTS) is 1. The molecule has 0 bridgehead atoms. The van der Waals surface area contributed by atoms with E-state index < -0.39 is 5.97 Å². The second-order valence-electron chi connectivity index (χ2n) is 3.28. The number of aromatic nitrogens is 2. The number of carbonyl (C=O) groups is 1. The van der Waals surface area contributed by atoms with Crippen LogP contribution in [-0.2, 0) is 11.2 Å². The van der Waals surface area contributed by atoms with Crippen LogP contribution in [0.1, 0.15) is 12.2 Å². The van der Waals surface area contributed by atoms with E-state index in [2.05, 4.69) is 10.1 Å². The van der Waals surface area contributed by atoms with Gasteiger partial charge in [0.2, 0.25) is 0 Å². The lowest BCUT2D eigenvalue weighted by molar-refractivity contribution is -0.137. The fourth-order valence-electron chi connectivity index (χ4n) is 1.27. The molecule has 2 rings (SSSR count). The van der Waals surface area contributed by atoms with Gasteiger partial charge in [0, 0.05) is 12.0 Å². The third-order valence-electron chi connectivity index (χ3n) is 2.05. The van der Waals surface area contributed by atoms with Gasteiger partial charge in [0.25, 0.3) is 5.89 Å². The molecule has 0 fully saturated rings. The summed E-state index contributed by atoms with van der Waals surface area (Å²) in [6, 6.07) is 9.35. The van der Waals surface area contributed by atoms with Gasteiger partial charge in [0.15, 0.2) is 5.82 Å². The zero-order valence-electron chi connectivity index (χ0n) is 8.46. The molecule has 82 valence electrons. The summed E-state index contributed by atoms with van der Waals surface area (Å²) in [7, 11) is 0. The Morgan fingerprint density at radius 2 is 2.06 bits per heavy atom. The van der Waals surface area contributed by atoms with E-state index in [1.165, 1.54) is 0 Å². The van der Waals surface area contributed by atoms with E-state index in [4.69, 9.17) is 9.63 Å². The van der Waals surface area contributed by atoms with Gasteiger partial charge < -0.3 is 9.63 Å². The monoisotopic (exact) mass is 218 g/mol. The molecule has 5 heteroatoms. The van der Waals surface area contributed by atoms with Crippen molar-refractivity contribution in [2.24, 2.45) is 0 Å². The first-order valence-electron chi connectivity index (χ1n) is 4.85. The molecule has 0 saturated carbocycles. The van der Waals surface area contributed by atoms with Crippen molar-refractivity contribution in [3.8, 4) is 11.5 Å². The largest absolute Gasteiger partial charge is 0.481 e. The van der Waals surface area contributed by atoms with Crippen molar-refractivity contribution < 1.29 is 14.4 Å². The normalized spacial score (nSPS) is 10.2. The molecule has 1 heterocycles. The third-order valence-corrected chi connectivity index (χ3v) is 2.05. The number of nitrogens with zero attached hydrogens (tertiary/aromatic N) is 2. The minimum atomic E-state index is -0.869. The van der Waals surface area contributed by atoms with Crippen molar-refractivity contribution >= 4 is 5.97 Å². The molecular formula is C11H10N2O3. The fourth-order valence-corrected chi connectivity index (χ4v) is 1.27. The molecular weight excluding hydrogens is 208 g/mol. The van der Waals surface area contributed by atoms with Crippen LogP contribution < -0.4 is 0 Å². The van der Waals surface area contributed by atoms with Crippen LogP contribution in [0.4, 0.5) is 0 Å². The van der Waals surface area contributed by atoms with E-state index in [1.54, 1.807) is 0 Å². The Hall–Kier alpha value is -2.17. The Labute approximate surface area is 91.7 Å². The van der Waals surface area contributed by atoms with Gasteiger partial charge in [0.1, 0.15) is 0 Å². The summed E-state index contributed by atoms with van der Waals surface area (Å²) in [5.41, 5.74) is 0.830. The molecule has 0 aliphatic heterocycles. The van der Waals surface area contributed by atoms with Gasteiger partial charge in [0.05, 0.1) is 6.42 Å². The summed E-state index contributed by atoms with van der Waals surface area (Å²) in [5, 5.41) is 12.2. The maximum atomic E-state index is 10.4. The highest BCUT2D eigenvalue weighted by molar-refractivity contribution is 5.66. The predicted molar refractivity (Wildman–Crippen MR) is 55.7 cm³/mol. The van der Waals surface area contributed by atoms with Gasteiger partial charge in [-0.25, -0.2) is 0 Å². The van der Waals surface area contributed by atoms with Gasteiger partial charge >= 0.3 is 5.97 Å². The first-order valence-corrected chi connectivity index (χ1v) is 4.85. The summed E-state index contributed by atoms with van der Waals surface area (Å²) in [6.45, 7) is 0. The fraction of sp³-hybridized carbons (Fsp3) is 0.182. The summed E-state index contributed by atoms with van der Waals surface area (Å²) in [4.78, 5) is 14.5. The van der Waals surface area contributed by atoms with Crippen LogP contribution in [-0.4, -0.2) is 21.2 Å². The molecule has 0 saturated heterocycles. The molecule has 1 N–H and O–H groups in total. The van der Waals surface area contributed by atoms with E-state index in [0.29, 0.717) is 11.7 Å². The quantitative estimate of drug-likeness (QED) is 0.846. The lowest BCUT2D eigenvalue weighted by atomic mass is 10.2. The molecule has 0 amide bonds. The standard InChI is InChI=1S/C11H10N2O3/c14-10(15)7-6-9-12-11(16-13-9)8-4-2-1-3-5-8/h1-5H,6-7H2,(H,14,15). The van der Waals surface area contributed by atoms with Crippen molar-refractivity contribution in [3.63, 3.8) is 0 Å². The number of aryl methyl sites for hydroxylation is 1. The molecule has 0 radical (unpaired) electrons. The van der Waals surface area contributed by atoms with E-state index >= 15 is 0 Å². The van der Waals surface area contributed by atoms with Crippen LogP contribution in [0.25, 0.3) is 11.5 Å². The Kier molecular flexibility index (Phi) is 2.95. The summed E-state index contributed by atoms with van der Waals surface area (Å²) >= 11 is 0. The smallest absolute Gasteiger partial charge is 0.303 e. The Balaban J connectivity index is 2.11. The second kappa shape index (κ2) is 4.57. The van der Waals surface area contributed by atoms with Crippen molar-refractivity contribution in [3.05, 3.63) is 36.2 Å². The number of aliphatic carboxylic acids is 1. The van der Waals surface area contributed by atoms with Crippen LogP contribution >= 0.6 is 0 Å². The molecule has 0 unspecified atom stereocenters. The van der Waals surface area contributed by atoms with E-state index in [1.807, 2.05) is 30.3 Å². The van der Waals surface area contributed by atoms with E-state index in [0.717, 1.165) is 5.56 Å². The molecule has 1 aromatic carbocycles. The Morgan fingerprint density at radius 3 is 2.75 bits per heavy atom. The highest BCUT2D eigenvalue weighted by Crippen LogP contribution is 2.16. The topological polar surface area (TPSA) is 76.2 Å². The summed E-state index contributed by atoms with van der Waals surface area (Å²) in [6.07, 6.45) is 0.291. The SMILES string of the molecule is O=C(O)CCc1noc(-c2ccccc2)n1. The maximum absolute atomic E-state index is 10.4. The van der Waals surface area contributed by atoms with Crippen LogP contribution in [0, 0.1) is 0 Å². The number of benzene rings is 1. The lowest BCUT2D eigenvalue weighted by Gasteiger charge is -1.90. The van der Waals surface area contributed by atoms with Crippen molar-refractivity contribution in [1.82, 2.24) is 10.1 Å². The molecule has 1 aromatic heterocycles. The van der Waals surface area contributed by atoms with Crippen LogP contribution in [0.5, 0.6) is 0 Å². The first-order chi connectivity index (χ1) is 7.75.